The largest absolute Gasteiger partial charge is 0.493 e. The SMILES string of the molecule is CCCCOc1ccc(CC2CCC(=O)N2Cc2ccc(Cl)cc2)cc1OC. The van der Waals surface area contributed by atoms with Crippen LogP contribution in [-0.4, -0.2) is 30.6 Å². The van der Waals surface area contributed by atoms with Gasteiger partial charge in [-0.3, -0.25) is 4.79 Å². The summed E-state index contributed by atoms with van der Waals surface area (Å²) in [5.41, 5.74) is 2.25. The highest BCUT2D eigenvalue weighted by molar-refractivity contribution is 6.30. The molecule has 0 aliphatic carbocycles. The zero-order valence-electron chi connectivity index (χ0n) is 16.6. The molecular formula is C23H28ClNO3. The van der Waals surface area contributed by atoms with E-state index in [1.165, 1.54) is 0 Å². The number of hydrogen-bond donors (Lipinski definition) is 0. The van der Waals surface area contributed by atoms with Crippen LogP contribution in [0.5, 0.6) is 11.5 Å². The van der Waals surface area contributed by atoms with E-state index < -0.39 is 0 Å². The van der Waals surface area contributed by atoms with Crippen molar-refractivity contribution >= 4 is 17.5 Å². The second-order valence-electron chi connectivity index (χ2n) is 7.23. The lowest BCUT2D eigenvalue weighted by molar-refractivity contribution is -0.129. The standard InChI is InChI=1S/C23H28ClNO3/c1-3-4-13-28-21-11-7-18(15-22(21)27-2)14-20-10-12-23(26)25(20)16-17-5-8-19(24)9-6-17/h5-9,11,15,20H,3-4,10,12-14,16H2,1-2H3. The normalized spacial score (nSPS) is 16.5. The van der Waals surface area contributed by atoms with Crippen LogP contribution in [0.25, 0.3) is 0 Å². The number of unbranched alkanes of at least 4 members (excludes halogenated alkanes) is 1. The predicted octanol–water partition coefficient (Wildman–Crippen LogP) is 5.26. The predicted molar refractivity (Wildman–Crippen MR) is 112 cm³/mol. The lowest BCUT2D eigenvalue weighted by Gasteiger charge is -2.25. The maximum atomic E-state index is 12.4. The van der Waals surface area contributed by atoms with Crippen LogP contribution in [-0.2, 0) is 17.8 Å². The number of likely N-dealkylation sites (tertiary alicyclic amines) is 1. The monoisotopic (exact) mass is 401 g/mol. The molecule has 1 unspecified atom stereocenters. The molecule has 2 aromatic rings. The van der Waals surface area contributed by atoms with Crippen LogP contribution in [0.4, 0.5) is 0 Å². The van der Waals surface area contributed by atoms with Gasteiger partial charge in [-0.15, -0.1) is 0 Å². The van der Waals surface area contributed by atoms with Crippen molar-refractivity contribution in [3.63, 3.8) is 0 Å². The molecule has 0 radical (unpaired) electrons. The molecule has 0 bridgehead atoms. The molecule has 5 heteroatoms. The molecule has 1 fully saturated rings. The van der Waals surface area contributed by atoms with E-state index in [4.69, 9.17) is 21.1 Å². The quantitative estimate of drug-likeness (QED) is 0.538. The van der Waals surface area contributed by atoms with E-state index in [2.05, 4.69) is 13.0 Å². The van der Waals surface area contributed by atoms with Crippen molar-refractivity contribution < 1.29 is 14.3 Å². The summed E-state index contributed by atoms with van der Waals surface area (Å²) in [7, 11) is 1.66. The molecule has 2 aromatic carbocycles. The number of halogens is 1. The first-order valence-corrected chi connectivity index (χ1v) is 10.3. The van der Waals surface area contributed by atoms with Crippen LogP contribution in [0.15, 0.2) is 42.5 Å². The van der Waals surface area contributed by atoms with E-state index in [9.17, 15) is 4.79 Å². The lowest BCUT2D eigenvalue weighted by Crippen LogP contribution is -2.33. The minimum Gasteiger partial charge on any atom is -0.493 e. The molecule has 1 atom stereocenters. The van der Waals surface area contributed by atoms with Gasteiger partial charge in [-0.25, -0.2) is 0 Å². The molecule has 1 heterocycles. The molecule has 1 amide bonds. The van der Waals surface area contributed by atoms with Crippen molar-refractivity contribution in [2.24, 2.45) is 0 Å². The zero-order valence-corrected chi connectivity index (χ0v) is 17.4. The molecule has 150 valence electrons. The Kier molecular flexibility index (Phi) is 7.21. The third kappa shape index (κ3) is 5.20. The third-order valence-electron chi connectivity index (χ3n) is 5.17. The number of carbonyl (C=O) groups excluding carboxylic acids is 1. The van der Waals surface area contributed by atoms with Crippen molar-refractivity contribution in [1.82, 2.24) is 4.90 Å². The van der Waals surface area contributed by atoms with E-state index in [-0.39, 0.29) is 11.9 Å². The van der Waals surface area contributed by atoms with Crippen LogP contribution >= 0.6 is 11.6 Å². The van der Waals surface area contributed by atoms with Gasteiger partial charge < -0.3 is 14.4 Å². The average Bonchev–Trinajstić information content (AvgIpc) is 3.04. The van der Waals surface area contributed by atoms with Gasteiger partial charge in [0.15, 0.2) is 11.5 Å². The fraction of sp³-hybridized carbons (Fsp3) is 0.435. The summed E-state index contributed by atoms with van der Waals surface area (Å²) in [6, 6.07) is 14.0. The number of ether oxygens (including phenoxy) is 2. The number of carbonyl (C=O) groups is 1. The van der Waals surface area contributed by atoms with Gasteiger partial charge in [0.25, 0.3) is 0 Å². The topological polar surface area (TPSA) is 38.8 Å². The fourth-order valence-corrected chi connectivity index (χ4v) is 3.69. The Hall–Kier alpha value is -2.20. The average molecular weight is 402 g/mol. The van der Waals surface area contributed by atoms with Gasteiger partial charge in [0, 0.05) is 24.0 Å². The highest BCUT2D eigenvalue weighted by atomic mass is 35.5. The maximum Gasteiger partial charge on any atom is 0.223 e. The number of nitrogens with zero attached hydrogens (tertiary/aromatic N) is 1. The number of amides is 1. The van der Waals surface area contributed by atoms with Crippen LogP contribution in [0.3, 0.4) is 0 Å². The summed E-state index contributed by atoms with van der Waals surface area (Å²) in [5, 5.41) is 0.710. The van der Waals surface area contributed by atoms with Crippen LogP contribution in [0, 0.1) is 0 Å². The van der Waals surface area contributed by atoms with Crippen LogP contribution in [0.2, 0.25) is 5.02 Å². The molecule has 1 aliphatic rings. The smallest absolute Gasteiger partial charge is 0.223 e. The fourth-order valence-electron chi connectivity index (χ4n) is 3.57. The highest BCUT2D eigenvalue weighted by Crippen LogP contribution is 2.31. The van der Waals surface area contributed by atoms with E-state index in [1.807, 2.05) is 41.3 Å². The Morgan fingerprint density at radius 2 is 1.86 bits per heavy atom. The van der Waals surface area contributed by atoms with Crippen molar-refractivity contribution in [3.8, 4) is 11.5 Å². The van der Waals surface area contributed by atoms with E-state index in [0.29, 0.717) is 24.6 Å². The molecule has 0 N–H and O–H groups in total. The van der Waals surface area contributed by atoms with Gasteiger partial charge in [-0.05, 0) is 54.7 Å². The van der Waals surface area contributed by atoms with Crippen molar-refractivity contribution in [1.29, 1.82) is 0 Å². The Morgan fingerprint density at radius 1 is 1.11 bits per heavy atom. The first-order chi connectivity index (χ1) is 13.6. The summed E-state index contributed by atoms with van der Waals surface area (Å²) in [4.78, 5) is 14.4. The van der Waals surface area contributed by atoms with Gasteiger partial charge in [0.05, 0.1) is 13.7 Å². The lowest BCUT2D eigenvalue weighted by atomic mass is 10.0. The molecule has 0 aromatic heterocycles. The van der Waals surface area contributed by atoms with Gasteiger partial charge in [-0.2, -0.15) is 0 Å². The highest BCUT2D eigenvalue weighted by Gasteiger charge is 2.31. The molecule has 28 heavy (non-hydrogen) atoms. The van der Waals surface area contributed by atoms with Crippen molar-refractivity contribution in [2.75, 3.05) is 13.7 Å². The summed E-state index contributed by atoms with van der Waals surface area (Å²) < 4.78 is 11.3. The summed E-state index contributed by atoms with van der Waals surface area (Å²) in [6.45, 7) is 3.45. The number of rotatable bonds is 9. The summed E-state index contributed by atoms with van der Waals surface area (Å²) in [6.07, 6.45) is 4.41. The second kappa shape index (κ2) is 9.83. The number of hydrogen-bond acceptors (Lipinski definition) is 3. The Bertz CT molecular complexity index is 791. The Morgan fingerprint density at radius 3 is 2.57 bits per heavy atom. The second-order valence-corrected chi connectivity index (χ2v) is 7.67. The van der Waals surface area contributed by atoms with Gasteiger partial charge in [0.2, 0.25) is 5.91 Å². The third-order valence-corrected chi connectivity index (χ3v) is 5.43. The van der Waals surface area contributed by atoms with Crippen LogP contribution < -0.4 is 9.47 Å². The Labute approximate surface area is 172 Å². The molecule has 0 saturated carbocycles. The Balaban J connectivity index is 1.68. The molecule has 0 spiro atoms. The molecule has 3 rings (SSSR count). The minimum atomic E-state index is 0.194. The van der Waals surface area contributed by atoms with Gasteiger partial charge in [-0.1, -0.05) is 43.1 Å². The van der Waals surface area contributed by atoms with E-state index in [1.54, 1.807) is 7.11 Å². The number of methoxy groups -OCH3 is 1. The first kappa shape index (κ1) is 20.5. The number of benzene rings is 2. The summed E-state index contributed by atoms with van der Waals surface area (Å²) >= 11 is 5.97. The van der Waals surface area contributed by atoms with Crippen LogP contribution in [0.1, 0.15) is 43.7 Å². The molecule has 1 saturated heterocycles. The minimum absolute atomic E-state index is 0.194. The summed E-state index contributed by atoms with van der Waals surface area (Å²) in [5.74, 6) is 1.74. The molecule has 4 nitrogen and oxygen atoms in total. The van der Waals surface area contributed by atoms with Crippen molar-refractivity contribution in [2.45, 2.75) is 51.6 Å². The maximum absolute atomic E-state index is 12.4. The van der Waals surface area contributed by atoms with Gasteiger partial charge in [0.1, 0.15) is 0 Å². The zero-order chi connectivity index (χ0) is 19.9. The molecule has 1 aliphatic heterocycles. The first-order valence-electron chi connectivity index (χ1n) is 9.94. The van der Waals surface area contributed by atoms with Gasteiger partial charge >= 0.3 is 0 Å². The van der Waals surface area contributed by atoms with Crippen molar-refractivity contribution in [3.05, 3.63) is 58.6 Å². The molecular weight excluding hydrogens is 374 g/mol. The van der Waals surface area contributed by atoms with E-state index >= 15 is 0 Å². The van der Waals surface area contributed by atoms with E-state index in [0.717, 1.165) is 48.3 Å².